The molecule has 0 bridgehead atoms. The number of hydrogen-bond acceptors (Lipinski definition) is 10. The third kappa shape index (κ3) is 8.25. The molecule has 2 amide bonds. The Balaban J connectivity index is 1.60. The smallest absolute Gasteiger partial charge is 0.257 e. The average Bonchev–Trinajstić information content (AvgIpc) is 3.33. The van der Waals surface area contributed by atoms with Crippen LogP contribution in [-0.2, 0) is 4.79 Å². The molecule has 10 nitrogen and oxygen atoms in total. The van der Waals surface area contributed by atoms with E-state index in [4.69, 9.17) is 18.9 Å². The van der Waals surface area contributed by atoms with Gasteiger partial charge in [-0.15, -0.1) is 10.2 Å². The SMILES string of the molecule is CCOc1ccc(NC(=O)CSc2nnc(NC(=O)c3cc(OCC)c(OCC)c(OCC)c3)s2)cc1. The second-order valence-corrected chi connectivity index (χ2v) is 9.42. The summed E-state index contributed by atoms with van der Waals surface area (Å²) in [5.41, 5.74) is 1.00. The lowest BCUT2D eigenvalue weighted by Gasteiger charge is -2.16. The largest absolute Gasteiger partial charge is 0.494 e. The molecule has 0 atom stereocenters. The van der Waals surface area contributed by atoms with E-state index in [9.17, 15) is 9.59 Å². The minimum absolute atomic E-state index is 0.143. The highest BCUT2D eigenvalue weighted by Crippen LogP contribution is 2.39. The number of amides is 2. The van der Waals surface area contributed by atoms with E-state index in [1.807, 2.05) is 27.7 Å². The molecule has 0 spiro atoms. The molecule has 1 aromatic heterocycles. The van der Waals surface area contributed by atoms with Crippen LogP contribution in [0.1, 0.15) is 38.1 Å². The van der Waals surface area contributed by atoms with E-state index in [0.717, 1.165) is 5.75 Å². The molecule has 0 radical (unpaired) electrons. The predicted octanol–water partition coefficient (Wildman–Crippen LogP) is 5.12. The van der Waals surface area contributed by atoms with Crippen molar-refractivity contribution < 1.29 is 28.5 Å². The first-order valence-corrected chi connectivity index (χ1v) is 13.6. The van der Waals surface area contributed by atoms with Crippen molar-refractivity contribution in [3.05, 3.63) is 42.0 Å². The van der Waals surface area contributed by atoms with Crippen LogP contribution in [0.4, 0.5) is 10.8 Å². The minimum Gasteiger partial charge on any atom is -0.494 e. The summed E-state index contributed by atoms with van der Waals surface area (Å²) in [6.07, 6.45) is 0. The van der Waals surface area contributed by atoms with Gasteiger partial charge in [-0.05, 0) is 64.1 Å². The summed E-state index contributed by atoms with van der Waals surface area (Å²) in [4.78, 5) is 25.2. The maximum absolute atomic E-state index is 12.9. The van der Waals surface area contributed by atoms with E-state index >= 15 is 0 Å². The van der Waals surface area contributed by atoms with Crippen molar-refractivity contribution in [2.75, 3.05) is 42.8 Å². The van der Waals surface area contributed by atoms with Gasteiger partial charge in [-0.2, -0.15) is 0 Å². The Kier molecular flexibility index (Phi) is 10.8. The van der Waals surface area contributed by atoms with Crippen LogP contribution in [0, 0.1) is 0 Å². The zero-order valence-corrected chi connectivity index (χ0v) is 22.8. The molecular weight excluding hydrogens is 516 g/mol. The van der Waals surface area contributed by atoms with Gasteiger partial charge in [0.1, 0.15) is 5.75 Å². The lowest BCUT2D eigenvalue weighted by atomic mass is 10.1. The molecule has 3 rings (SSSR count). The molecule has 198 valence electrons. The number of benzene rings is 2. The average molecular weight is 547 g/mol. The first-order valence-electron chi connectivity index (χ1n) is 11.8. The van der Waals surface area contributed by atoms with E-state index in [-0.39, 0.29) is 11.7 Å². The van der Waals surface area contributed by atoms with E-state index in [0.29, 0.717) is 64.4 Å². The summed E-state index contributed by atoms with van der Waals surface area (Å²) in [6.45, 7) is 9.28. The monoisotopic (exact) mass is 546 g/mol. The highest BCUT2D eigenvalue weighted by Gasteiger charge is 2.19. The zero-order valence-electron chi connectivity index (χ0n) is 21.2. The molecule has 0 aliphatic rings. The highest BCUT2D eigenvalue weighted by molar-refractivity contribution is 8.01. The second-order valence-electron chi connectivity index (χ2n) is 7.22. The number of hydrogen-bond donors (Lipinski definition) is 2. The van der Waals surface area contributed by atoms with Crippen LogP contribution < -0.4 is 29.6 Å². The first kappa shape index (κ1) is 28.1. The van der Waals surface area contributed by atoms with E-state index in [1.54, 1.807) is 36.4 Å². The lowest BCUT2D eigenvalue weighted by Crippen LogP contribution is -2.13. The van der Waals surface area contributed by atoms with Gasteiger partial charge in [0.05, 0.1) is 32.2 Å². The molecule has 2 N–H and O–H groups in total. The third-order valence-corrected chi connectivity index (χ3v) is 6.55. The number of thioether (sulfide) groups is 1. The summed E-state index contributed by atoms with van der Waals surface area (Å²) >= 11 is 2.41. The normalized spacial score (nSPS) is 10.5. The number of rotatable bonds is 14. The molecule has 37 heavy (non-hydrogen) atoms. The standard InChI is InChI=1S/C25H30N4O6S2/c1-5-32-18-11-9-17(10-12-18)26-21(30)15-36-25-29-28-24(37-25)27-23(31)16-13-19(33-6-2)22(35-8-4)20(14-16)34-7-3/h9-14H,5-8,15H2,1-4H3,(H,26,30)(H,27,28,31). The van der Waals surface area contributed by atoms with Crippen LogP contribution in [0.5, 0.6) is 23.0 Å². The Morgan fingerprint density at radius 1 is 0.838 bits per heavy atom. The maximum atomic E-state index is 12.9. The van der Waals surface area contributed by atoms with Crippen LogP contribution in [0.25, 0.3) is 0 Å². The number of nitrogens with one attached hydrogen (secondary N) is 2. The van der Waals surface area contributed by atoms with Gasteiger partial charge in [0.15, 0.2) is 15.8 Å². The van der Waals surface area contributed by atoms with E-state index in [1.165, 1.54) is 23.1 Å². The quantitative estimate of drug-likeness (QED) is 0.210. The van der Waals surface area contributed by atoms with Gasteiger partial charge in [-0.25, -0.2) is 0 Å². The molecule has 0 fully saturated rings. The van der Waals surface area contributed by atoms with E-state index < -0.39 is 5.91 Å². The van der Waals surface area contributed by atoms with Crippen LogP contribution >= 0.6 is 23.1 Å². The number of carbonyl (C=O) groups is 2. The minimum atomic E-state index is -0.397. The van der Waals surface area contributed by atoms with Crippen LogP contribution in [0.2, 0.25) is 0 Å². The number of aromatic nitrogens is 2. The molecule has 0 aliphatic carbocycles. The Bertz CT molecular complexity index is 1160. The number of nitrogens with zero attached hydrogens (tertiary/aromatic N) is 2. The van der Waals surface area contributed by atoms with Crippen LogP contribution in [0.3, 0.4) is 0 Å². The summed E-state index contributed by atoms with van der Waals surface area (Å²) in [7, 11) is 0. The molecule has 12 heteroatoms. The van der Waals surface area contributed by atoms with Gasteiger partial charge in [-0.3, -0.25) is 14.9 Å². The third-order valence-electron chi connectivity index (χ3n) is 4.57. The molecule has 0 unspecified atom stereocenters. The van der Waals surface area contributed by atoms with Crippen molar-refractivity contribution in [2.45, 2.75) is 32.0 Å². The number of ether oxygens (including phenoxy) is 4. The molecule has 0 saturated heterocycles. The molecule has 1 heterocycles. The Morgan fingerprint density at radius 3 is 2.05 bits per heavy atom. The fourth-order valence-corrected chi connectivity index (χ4v) is 4.68. The molecule has 0 saturated carbocycles. The highest BCUT2D eigenvalue weighted by atomic mass is 32.2. The summed E-state index contributed by atoms with van der Waals surface area (Å²) in [5, 5.41) is 13.9. The Morgan fingerprint density at radius 2 is 1.46 bits per heavy atom. The van der Waals surface area contributed by atoms with Gasteiger partial charge in [0, 0.05) is 11.3 Å². The summed E-state index contributed by atoms with van der Waals surface area (Å²) < 4.78 is 23.0. The van der Waals surface area contributed by atoms with Gasteiger partial charge >= 0.3 is 0 Å². The Labute approximate surface area is 224 Å². The van der Waals surface area contributed by atoms with Crippen molar-refractivity contribution in [1.29, 1.82) is 0 Å². The lowest BCUT2D eigenvalue weighted by molar-refractivity contribution is -0.113. The van der Waals surface area contributed by atoms with Crippen molar-refractivity contribution in [3.63, 3.8) is 0 Å². The van der Waals surface area contributed by atoms with Crippen LogP contribution in [0.15, 0.2) is 40.7 Å². The van der Waals surface area contributed by atoms with Gasteiger partial charge in [0.25, 0.3) is 5.91 Å². The Hall–Kier alpha value is -3.51. The predicted molar refractivity (Wildman–Crippen MR) is 145 cm³/mol. The topological polar surface area (TPSA) is 121 Å². The summed E-state index contributed by atoms with van der Waals surface area (Å²) in [5.74, 6) is 1.61. The van der Waals surface area contributed by atoms with Crippen molar-refractivity contribution in [3.8, 4) is 23.0 Å². The number of anilines is 2. The summed E-state index contributed by atoms with van der Waals surface area (Å²) in [6, 6.07) is 10.4. The molecular formula is C25H30N4O6S2. The van der Waals surface area contributed by atoms with E-state index in [2.05, 4.69) is 20.8 Å². The maximum Gasteiger partial charge on any atom is 0.257 e. The molecule has 0 aliphatic heterocycles. The zero-order chi connectivity index (χ0) is 26.6. The van der Waals surface area contributed by atoms with Gasteiger partial charge in [-0.1, -0.05) is 23.1 Å². The van der Waals surface area contributed by atoms with Gasteiger partial charge in [0.2, 0.25) is 16.8 Å². The first-order chi connectivity index (χ1) is 18.0. The molecule has 2 aromatic carbocycles. The van der Waals surface area contributed by atoms with Crippen LogP contribution in [-0.4, -0.2) is 54.2 Å². The molecule has 3 aromatic rings. The van der Waals surface area contributed by atoms with Crippen molar-refractivity contribution in [2.24, 2.45) is 0 Å². The van der Waals surface area contributed by atoms with Crippen molar-refractivity contribution >= 4 is 45.7 Å². The fourth-order valence-electron chi connectivity index (χ4n) is 3.13. The second kappa shape index (κ2) is 14.3. The van der Waals surface area contributed by atoms with Crippen molar-refractivity contribution in [1.82, 2.24) is 10.2 Å². The fraction of sp³-hybridized carbons (Fsp3) is 0.360. The number of carbonyl (C=O) groups excluding carboxylic acids is 2. The van der Waals surface area contributed by atoms with Gasteiger partial charge < -0.3 is 24.3 Å².